The first-order chi connectivity index (χ1) is 9.65. The van der Waals surface area contributed by atoms with E-state index in [1.807, 2.05) is 12.1 Å². The molecule has 2 rings (SSSR count). The van der Waals surface area contributed by atoms with E-state index in [1.165, 1.54) is 25.7 Å². The van der Waals surface area contributed by atoms with E-state index in [1.54, 1.807) is 14.2 Å². The van der Waals surface area contributed by atoms with Crippen molar-refractivity contribution in [2.75, 3.05) is 14.2 Å². The minimum Gasteiger partial charge on any atom is -0.502 e. The minimum absolute atomic E-state index is 0.0580. The van der Waals surface area contributed by atoms with Crippen LogP contribution in [-0.2, 0) is 6.54 Å². The number of phenols is 1. The van der Waals surface area contributed by atoms with Crippen molar-refractivity contribution in [3.8, 4) is 17.2 Å². The summed E-state index contributed by atoms with van der Waals surface area (Å²) in [6.07, 6.45) is 5.38. The smallest absolute Gasteiger partial charge is 0.200 e. The quantitative estimate of drug-likeness (QED) is 0.840. The molecule has 1 aliphatic carbocycles. The first-order valence-electron chi connectivity index (χ1n) is 7.33. The molecule has 1 atom stereocenters. The lowest BCUT2D eigenvalue weighted by Gasteiger charge is -2.21. The van der Waals surface area contributed by atoms with Gasteiger partial charge < -0.3 is 19.9 Å². The second-order valence-electron chi connectivity index (χ2n) is 5.56. The molecule has 4 heteroatoms. The SMILES string of the molecule is COc1cc(CN[C@H](C)C2CCCC2)cc(OC)c1O. The third-order valence-electron chi connectivity index (χ3n) is 4.27. The minimum atomic E-state index is 0.0580. The molecule has 2 N–H and O–H groups in total. The van der Waals surface area contributed by atoms with Crippen molar-refractivity contribution in [3.63, 3.8) is 0 Å². The van der Waals surface area contributed by atoms with E-state index in [2.05, 4.69) is 12.2 Å². The molecule has 0 saturated heterocycles. The Labute approximate surface area is 121 Å². The van der Waals surface area contributed by atoms with Gasteiger partial charge >= 0.3 is 0 Å². The van der Waals surface area contributed by atoms with Crippen molar-refractivity contribution >= 4 is 0 Å². The molecule has 4 nitrogen and oxygen atoms in total. The highest BCUT2D eigenvalue weighted by Gasteiger charge is 2.21. The van der Waals surface area contributed by atoms with Crippen LogP contribution < -0.4 is 14.8 Å². The molecule has 0 bridgehead atoms. The van der Waals surface area contributed by atoms with E-state index in [0.717, 1.165) is 18.0 Å². The number of benzene rings is 1. The van der Waals surface area contributed by atoms with Crippen molar-refractivity contribution < 1.29 is 14.6 Å². The number of nitrogens with one attached hydrogen (secondary N) is 1. The van der Waals surface area contributed by atoms with Gasteiger partial charge in [0.1, 0.15) is 0 Å². The summed E-state index contributed by atoms with van der Waals surface area (Å²) in [5.41, 5.74) is 1.06. The molecular formula is C16H25NO3. The summed E-state index contributed by atoms with van der Waals surface area (Å²) in [6.45, 7) is 3.01. The number of hydrogen-bond donors (Lipinski definition) is 2. The van der Waals surface area contributed by atoms with Crippen LogP contribution in [0.3, 0.4) is 0 Å². The highest BCUT2D eigenvalue weighted by atomic mass is 16.5. The molecule has 0 spiro atoms. The maximum absolute atomic E-state index is 9.89. The van der Waals surface area contributed by atoms with Crippen molar-refractivity contribution in [1.29, 1.82) is 0 Å². The first kappa shape index (κ1) is 15.0. The highest BCUT2D eigenvalue weighted by molar-refractivity contribution is 5.52. The van der Waals surface area contributed by atoms with Gasteiger partial charge in [0.05, 0.1) is 14.2 Å². The normalized spacial score (nSPS) is 17.1. The predicted molar refractivity (Wildman–Crippen MR) is 79.5 cm³/mol. The molecule has 0 aromatic heterocycles. The van der Waals surface area contributed by atoms with Gasteiger partial charge in [0.15, 0.2) is 11.5 Å². The number of aromatic hydroxyl groups is 1. The Bertz CT molecular complexity index is 416. The molecular weight excluding hydrogens is 254 g/mol. The average molecular weight is 279 g/mol. The van der Waals surface area contributed by atoms with Gasteiger partial charge in [-0.3, -0.25) is 0 Å². The third kappa shape index (κ3) is 3.37. The molecule has 0 heterocycles. The number of methoxy groups -OCH3 is 2. The molecule has 20 heavy (non-hydrogen) atoms. The standard InChI is InChI=1S/C16H25NO3/c1-11(13-6-4-5-7-13)17-10-12-8-14(19-2)16(18)15(9-12)20-3/h8-9,11,13,17-18H,4-7,10H2,1-3H3/t11-/m1/s1. The van der Waals surface area contributed by atoms with Crippen LogP contribution in [0, 0.1) is 5.92 Å². The fraction of sp³-hybridized carbons (Fsp3) is 0.625. The Hall–Kier alpha value is -1.42. The summed E-state index contributed by atoms with van der Waals surface area (Å²) < 4.78 is 10.4. The Morgan fingerprint density at radius 1 is 1.20 bits per heavy atom. The Morgan fingerprint density at radius 3 is 2.25 bits per heavy atom. The lowest BCUT2D eigenvalue weighted by atomic mass is 9.99. The number of ether oxygens (including phenoxy) is 2. The van der Waals surface area contributed by atoms with Crippen LogP contribution in [0.25, 0.3) is 0 Å². The lowest BCUT2D eigenvalue weighted by Crippen LogP contribution is -2.31. The zero-order chi connectivity index (χ0) is 14.5. The topological polar surface area (TPSA) is 50.7 Å². The predicted octanol–water partition coefficient (Wildman–Crippen LogP) is 3.08. The van der Waals surface area contributed by atoms with E-state index < -0.39 is 0 Å². The zero-order valence-corrected chi connectivity index (χ0v) is 12.6. The fourth-order valence-electron chi connectivity index (χ4n) is 2.95. The molecule has 0 radical (unpaired) electrons. The van der Waals surface area contributed by atoms with Crippen LogP contribution in [0.2, 0.25) is 0 Å². The summed E-state index contributed by atoms with van der Waals surface area (Å²) in [4.78, 5) is 0. The van der Waals surface area contributed by atoms with E-state index in [-0.39, 0.29) is 5.75 Å². The van der Waals surface area contributed by atoms with Crippen molar-refractivity contribution in [1.82, 2.24) is 5.32 Å². The summed E-state index contributed by atoms with van der Waals surface area (Å²) in [5, 5.41) is 13.5. The summed E-state index contributed by atoms with van der Waals surface area (Å²) in [5.74, 6) is 1.75. The lowest BCUT2D eigenvalue weighted by molar-refractivity contribution is 0.337. The largest absolute Gasteiger partial charge is 0.502 e. The van der Waals surface area contributed by atoms with E-state index in [9.17, 15) is 5.11 Å². The molecule has 1 aromatic rings. The van der Waals surface area contributed by atoms with Crippen LogP contribution in [0.5, 0.6) is 17.2 Å². The van der Waals surface area contributed by atoms with E-state index in [4.69, 9.17) is 9.47 Å². The molecule has 1 saturated carbocycles. The second kappa shape index (κ2) is 6.84. The number of rotatable bonds is 6. The number of hydrogen-bond acceptors (Lipinski definition) is 4. The Balaban J connectivity index is 2.01. The van der Waals surface area contributed by atoms with Gasteiger partial charge in [-0.05, 0) is 43.4 Å². The van der Waals surface area contributed by atoms with Crippen LogP contribution in [0.4, 0.5) is 0 Å². The molecule has 112 valence electrons. The molecule has 0 aliphatic heterocycles. The summed E-state index contributed by atoms with van der Waals surface area (Å²) in [7, 11) is 3.10. The Morgan fingerprint density at radius 2 is 1.75 bits per heavy atom. The van der Waals surface area contributed by atoms with Gasteiger partial charge in [-0.1, -0.05) is 12.8 Å². The van der Waals surface area contributed by atoms with Crippen LogP contribution >= 0.6 is 0 Å². The van der Waals surface area contributed by atoms with E-state index in [0.29, 0.717) is 17.5 Å². The maximum Gasteiger partial charge on any atom is 0.200 e. The van der Waals surface area contributed by atoms with Gasteiger partial charge in [-0.15, -0.1) is 0 Å². The van der Waals surface area contributed by atoms with Crippen molar-refractivity contribution in [3.05, 3.63) is 17.7 Å². The molecule has 0 amide bonds. The molecule has 1 aliphatic rings. The van der Waals surface area contributed by atoms with Gasteiger partial charge in [-0.2, -0.15) is 0 Å². The van der Waals surface area contributed by atoms with Gasteiger partial charge in [0.2, 0.25) is 5.75 Å². The average Bonchev–Trinajstić information content (AvgIpc) is 3.00. The van der Waals surface area contributed by atoms with Crippen LogP contribution in [0.1, 0.15) is 38.2 Å². The second-order valence-corrected chi connectivity index (χ2v) is 5.56. The first-order valence-corrected chi connectivity index (χ1v) is 7.33. The van der Waals surface area contributed by atoms with Gasteiger partial charge in [0.25, 0.3) is 0 Å². The maximum atomic E-state index is 9.89. The fourth-order valence-corrected chi connectivity index (χ4v) is 2.95. The third-order valence-corrected chi connectivity index (χ3v) is 4.27. The Kier molecular flexibility index (Phi) is 5.12. The van der Waals surface area contributed by atoms with Gasteiger partial charge in [-0.25, -0.2) is 0 Å². The molecule has 1 fully saturated rings. The summed E-state index contributed by atoms with van der Waals surface area (Å²) >= 11 is 0. The summed E-state index contributed by atoms with van der Waals surface area (Å²) in [6, 6.07) is 4.22. The highest BCUT2D eigenvalue weighted by Crippen LogP contribution is 2.37. The van der Waals surface area contributed by atoms with Crippen molar-refractivity contribution in [2.24, 2.45) is 5.92 Å². The van der Waals surface area contributed by atoms with Gasteiger partial charge in [0, 0.05) is 12.6 Å². The number of phenolic OH excluding ortho intramolecular Hbond substituents is 1. The van der Waals surface area contributed by atoms with Crippen LogP contribution in [0.15, 0.2) is 12.1 Å². The van der Waals surface area contributed by atoms with E-state index >= 15 is 0 Å². The monoisotopic (exact) mass is 279 g/mol. The molecule has 0 unspecified atom stereocenters. The molecule has 1 aromatic carbocycles. The van der Waals surface area contributed by atoms with Crippen LogP contribution in [-0.4, -0.2) is 25.4 Å². The van der Waals surface area contributed by atoms with Crippen molar-refractivity contribution in [2.45, 2.75) is 45.2 Å². The zero-order valence-electron chi connectivity index (χ0n) is 12.6.